The van der Waals surface area contributed by atoms with Gasteiger partial charge in [-0.3, -0.25) is 4.79 Å². The van der Waals surface area contributed by atoms with Crippen molar-refractivity contribution in [2.45, 2.75) is 120 Å². The topological polar surface area (TPSA) is 238 Å². The Morgan fingerprint density at radius 1 is 1.14 bits per heavy atom. The van der Waals surface area contributed by atoms with Crippen molar-refractivity contribution in [2.24, 2.45) is 0 Å². The van der Waals surface area contributed by atoms with Crippen LogP contribution in [0.1, 0.15) is 53.4 Å². The van der Waals surface area contributed by atoms with Gasteiger partial charge in [-0.2, -0.15) is 0 Å². The van der Waals surface area contributed by atoms with Gasteiger partial charge in [-0.15, -0.1) is 0 Å². The van der Waals surface area contributed by atoms with E-state index in [0.29, 0.717) is 18.6 Å². The minimum atomic E-state index is -1.53. The summed E-state index contributed by atoms with van der Waals surface area (Å²) in [6, 6.07) is -1.91. The van der Waals surface area contributed by atoms with Crippen LogP contribution in [0.3, 0.4) is 0 Å². The molecule has 0 spiro atoms. The van der Waals surface area contributed by atoms with Gasteiger partial charge in [-0.25, -0.2) is 4.79 Å². The predicted molar refractivity (Wildman–Crippen MR) is 152 cm³/mol. The quantitative estimate of drug-likeness (QED) is 0.110. The van der Waals surface area contributed by atoms with Crippen LogP contribution in [0.5, 0.6) is 0 Å². The van der Waals surface area contributed by atoms with Gasteiger partial charge in [0.1, 0.15) is 42.4 Å². The summed E-state index contributed by atoms with van der Waals surface area (Å²) < 4.78 is 29.2. The third-order valence-electron chi connectivity index (χ3n) is 7.24. The number of nitrogens with one attached hydrogen (secondary N) is 3. The van der Waals surface area contributed by atoms with Crippen molar-refractivity contribution in [3.05, 3.63) is 11.8 Å². The van der Waals surface area contributed by atoms with E-state index in [1.165, 1.54) is 6.92 Å². The van der Waals surface area contributed by atoms with Crippen LogP contribution in [0, 0.1) is 0 Å². The number of allylic oxidation sites excluding steroid dienone is 1. The summed E-state index contributed by atoms with van der Waals surface area (Å²) in [7, 11) is 0. The lowest BCUT2D eigenvalue weighted by Crippen LogP contribution is -2.67. The first kappa shape index (κ1) is 36.3. The molecule has 3 rings (SSSR count). The molecule has 2 fully saturated rings. The van der Waals surface area contributed by atoms with Crippen LogP contribution in [0.2, 0.25) is 0 Å². The summed E-state index contributed by atoms with van der Waals surface area (Å²) in [6.45, 7) is 5.56. The average molecular weight is 636 g/mol. The number of alkyl carbamates (subject to hydrolysis) is 1. The lowest BCUT2D eigenvalue weighted by molar-refractivity contribution is -0.297. The van der Waals surface area contributed by atoms with Crippen molar-refractivity contribution < 1.29 is 63.9 Å². The maximum Gasteiger partial charge on any atom is 0.407 e. The fraction of sp³-hybridized carbons (Fsp3) is 0.857. The van der Waals surface area contributed by atoms with Gasteiger partial charge in [0, 0.05) is 19.4 Å². The molecule has 1 aliphatic carbocycles. The van der Waals surface area contributed by atoms with Gasteiger partial charge in [0.05, 0.1) is 43.5 Å². The minimum absolute atomic E-state index is 0.0338. The number of aliphatic hydroxyl groups excluding tert-OH is 5. The second kappa shape index (κ2) is 15.9. The second-order valence-electron chi connectivity index (χ2n) is 12.7. The molecule has 0 aromatic heterocycles. The fourth-order valence-electron chi connectivity index (χ4n) is 5.28. The molecule has 2 amide bonds. The van der Waals surface area contributed by atoms with Crippen molar-refractivity contribution in [3.8, 4) is 0 Å². The van der Waals surface area contributed by atoms with E-state index < -0.39 is 91.6 Å². The number of amides is 2. The summed E-state index contributed by atoms with van der Waals surface area (Å²) in [6.07, 6.45) is -6.33. The molecule has 9 N–H and O–H groups in total. The number of ether oxygens (including phenoxy) is 5. The van der Waals surface area contributed by atoms with E-state index in [1.54, 1.807) is 20.8 Å². The highest BCUT2D eigenvalue weighted by Crippen LogP contribution is 2.32. The van der Waals surface area contributed by atoms with Crippen LogP contribution in [0.15, 0.2) is 11.8 Å². The molecule has 10 atom stereocenters. The van der Waals surface area contributed by atoms with Gasteiger partial charge in [-0.1, -0.05) is 0 Å². The van der Waals surface area contributed by atoms with Crippen molar-refractivity contribution in [3.63, 3.8) is 0 Å². The molecular formula is C28H49N3O13. The first-order valence-electron chi connectivity index (χ1n) is 14.9. The molecule has 44 heavy (non-hydrogen) atoms. The Balaban J connectivity index is 1.82. The fourth-order valence-corrected chi connectivity index (χ4v) is 5.28. The standard InChI is InChI=1S/C28H49N3O13/c1-27(2,3)44-26(38)31-18-8-17(30-20(36)13-33)24(43-25-19(35)9-28(4,39)14-40-25)22(37)23(18)42-21-7-5-6-16(41-21)11-29-10-15(34)12-32/h6,15,17-19,21-25,29,32-35,37,39H,5,7-14H2,1-4H3,(H,30,36)(H,31,38)/t15?,17-,18+,19-,21-,22+,23-,24+,25-,28-/m1/s1. The summed E-state index contributed by atoms with van der Waals surface area (Å²) in [5, 5.41) is 68.8. The van der Waals surface area contributed by atoms with Crippen LogP contribution in [0.4, 0.5) is 4.79 Å². The molecule has 0 aromatic carbocycles. The van der Waals surface area contributed by atoms with E-state index in [2.05, 4.69) is 16.0 Å². The summed E-state index contributed by atoms with van der Waals surface area (Å²) >= 11 is 0. The van der Waals surface area contributed by atoms with Crippen LogP contribution in [0.25, 0.3) is 0 Å². The summed E-state index contributed by atoms with van der Waals surface area (Å²) in [4.78, 5) is 25.1. The Kier molecular flexibility index (Phi) is 13.2. The highest BCUT2D eigenvalue weighted by molar-refractivity contribution is 5.77. The molecule has 0 bridgehead atoms. The molecule has 1 unspecified atom stereocenters. The monoisotopic (exact) mass is 635 g/mol. The molecule has 16 heteroatoms. The van der Waals surface area contributed by atoms with E-state index in [9.17, 15) is 35.1 Å². The highest BCUT2D eigenvalue weighted by atomic mass is 16.7. The van der Waals surface area contributed by atoms with E-state index in [4.69, 9.17) is 28.8 Å². The average Bonchev–Trinajstić information content (AvgIpc) is 2.92. The molecule has 1 saturated carbocycles. The zero-order valence-corrected chi connectivity index (χ0v) is 25.7. The molecule has 2 aliphatic heterocycles. The Hall–Kier alpha value is -2.12. The third-order valence-corrected chi connectivity index (χ3v) is 7.24. The van der Waals surface area contributed by atoms with Crippen molar-refractivity contribution >= 4 is 12.0 Å². The molecule has 16 nitrogen and oxygen atoms in total. The summed E-state index contributed by atoms with van der Waals surface area (Å²) in [5.41, 5.74) is -2.13. The predicted octanol–water partition coefficient (Wildman–Crippen LogP) is -2.29. The SMILES string of the molecule is CC(C)(C)OC(=O)N[C@H]1C[C@@H](NC(=O)CO)[C@H](O[C@H]2OC[C@](C)(O)C[C@H]2O)[C@@H](O)[C@@H]1O[C@@H]1CCC=C(CNCC(O)CO)O1. The van der Waals surface area contributed by atoms with Crippen molar-refractivity contribution in [2.75, 3.05) is 32.9 Å². The van der Waals surface area contributed by atoms with Gasteiger partial charge < -0.3 is 70.3 Å². The highest BCUT2D eigenvalue weighted by Gasteiger charge is 2.50. The smallest absolute Gasteiger partial charge is 0.407 e. The molecular weight excluding hydrogens is 586 g/mol. The third kappa shape index (κ3) is 11.0. The molecule has 2 heterocycles. The van der Waals surface area contributed by atoms with E-state index in [0.717, 1.165) is 0 Å². The van der Waals surface area contributed by atoms with Gasteiger partial charge >= 0.3 is 6.09 Å². The maximum atomic E-state index is 12.8. The second-order valence-corrected chi connectivity index (χ2v) is 12.7. The Labute approximate surface area is 256 Å². The normalized spacial score (nSPS) is 35.2. The van der Waals surface area contributed by atoms with Crippen molar-refractivity contribution in [1.82, 2.24) is 16.0 Å². The summed E-state index contributed by atoms with van der Waals surface area (Å²) in [5.74, 6) is -0.247. The number of hydrogen-bond donors (Lipinski definition) is 9. The van der Waals surface area contributed by atoms with E-state index in [-0.39, 0.29) is 32.5 Å². The zero-order chi connectivity index (χ0) is 32.7. The van der Waals surface area contributed by atoms with Crippen LogP contribution >= 0.6 is 0 Å². The lowest BCUT2D eigenvalue weighted by Gasteiger charge is -2.47. The van der Waals surface area contributed by atoms with Crippen molar-refractivity contribution in [1.29, 1.82) is 0 Å². The molecule has 1 saturated heterocycles. The van der Waals surface area contributed by atoms with Gasteiger partial charge in [0.2, 0.25) is 5.91 Å². The number of carbonyl (C=O) groups excluding carboxylic acids is 2. The van der Waals surface area contributed by atoms with Gasteiger partial charge in [0.25, 0.3) is 0 Å². The Morgan fingerprint density at radius 2 is 1.82 bits per heavy atom. The number of rotatable bonds is 12. The van der Waals surface area contributed by atoms with Gasteiger partial charge in [0.15, 0.2) is 12.6 Å². The van der Waals surface area contributed by atoms with Gasteiger partial charge in [-0.05, 0) is 46.6 Å². The lowest BCUT2D eigenvalue weighted by atomic mass is 9.83. The van der Waals surface area contributed by atoms with E-state index >= 15 is 0 Å². The molecule has 0 aromatic rings. The zero-order valence-electron chi connectivity index (χ0n) is 25.7. The molecule has 3 aliphatic rings. The number of hydrogen-bond acceptors (Lipinski definition) is 14. The number of aliphatic hydroxyl groups is 6. The minimum Gasteiger partial charge on any atom is -0.468 e. The van der Waals surface area contributed by atoms with Crippen LogP contribution < -0.4 is 16.0 Å². The first-order chi connectivity index (χ1) is 20.6. The largest absolute Gasteiger partial charge is 0.468 e. The van der Waals surface area contributed by atoms with E-state index in [1.807, 2.05) is 6.08 Å². The molecule has 0 radical (unpaired) electrons. The number of carbonyl (C=O) groups is 2. The Bertz CT molecular complexity index is 975. The molecule has 254 valence electrons. The first-order valence-corrected chi connectivity index (χ1v) is 14.9. The van der Waals surface area contributed by atoms with Crippen LogP contribution in [-0.4, -0.2) is 142 Å². The Morgan fingerprint density at radius 3 is 2.45 bits per heavy atom. The van der Waals surface area contributed by atoms with Crippen LogP contribution in [-0.2, 0) is 28.5 Å². The maximum absolute atomic E-state index is 12.8.